The first-order valence-corrected chi connectivity index (χ1v) is 15.7. The number of fused-ring (bicyclic) bond motifs is 1. The molecule has 0 saturated carbocycles. The number of ether oxygens (including phenoxy) is 2. The molecule has 3 fully saturated rings. The minimum atomic E-state index is -1.18. The molecule has 1 aromatic rings. The number of benzene rings is 1. The van der Waals surface area contributed by atoms with Gasteiger partial charge in [-0.2, -0.15) is 0 Å². The molecule has 0 aromatic heterocycles. The normalized spacial score (nSPS) is 28.9. The van der Waals surface area contributed by atoms with Crippen molar-refractivity contribution in [2.24, 2.45) is 17.8 Å². The number of hydrogen-bond acceptors (Lipinski definition) is 6. The summed E-state index contributed by atoms with van der Waals surface area (Å²) in [6.45, 7) is 20.2. The lowest BCUT2D eigenvalue weighted by Crippen LogP contribution is -2.60. The third-order valence-electron chi connectivity index (χ3n) is 9.83. The number of amides is 3. The van der Waals surface area contributed by atoms with Gasteiger partial charge in [0.05, 0.1) is 36.7 Å². The van der Waals surface area contributed by atoms with Gasteiger partial charge in [0.2, 0.25) is 17.7 Å². The molecule has 236 valence electrons. The molecular weight excluding hydrogens is 546 g/mol. The van der Waals surface area contributed by atoms with Crippen LogP contribution in [0.25, 0.3) is 0 Å². The van der Waals surface area contributed by atoms with Gasteiger partial charge in [0.15, 0.2) is 0 Å². The standard InChI is InChI=1S/C34H49N3O6/c1-9-19-35(22(5)6)32(41)29-34-18-17-33(8,43-34)27(28(34)31(40)37(29)26(21-38)23(7)11-3)30(39)36(20-10-2)24-13-15-25(16-14-24)42-12-4/h9-10,13-16,22-23,26-29,38H,1-2,11-12,17-21H2,3-8H3/t23-,26-,27+,28-,29?,33-,34?/m0/s1. The average Bonchev–Trinajstić information content (AvgIpc) is 3.55. The van der Waals surface area contributed by atoms with Crippen LogP contribution in [0.5, 0.6) is 5.75 Å². The van der Waals surface area contributed by atoms with Gasteiger partial charge in [-0.05, 0) is 70.7 Å². The van der Waals surface area contributed by atoms with Crippen molar-refractivity contribution in [1.82, 2.24) is 9.80 Å². The fourth-order valence-corrected chi connectivity index (χ4v) is 7.55. The van der Waals surface area contributed by atoms with Gasteiger partial charge in [0.1, 0.15) is 17.4 Å². The summed E-state index contributed by atoms with van der Waals surface area (Å²) in [6.07, 6.45) is 5.05. The molecule has 1 N–H and O–H groups in total. The molecule has 3 aliphatic heterocycles. The van der Waals surface area contributed by atoms with E-state index in [1.165, 1.54) is 0 Å². The smallest absolute Gasteiger partial charge is 0.248 e. The molecule has 43 heavy (non-hydrogen) atoms. The van der Waals surface area contributed by atoms with Gasteiger partial charge in [-0.15, -0.1) is 13.2 Å². The van der Waals surface area contributed by atoms with Gasteiger partial charge in [-0.1, -0.05) is 32.4 Å². The zero-order valence-corrected chi connectivity index (χ0v) is 26.6. The minimum Gasteiger partial charge on any atom is -0.494 e. The molecule has 4 rings (SSSR count). The Morgan fingerprint density at radius 3 is 2.30 bits per heavy atom. The maximum Gasteiger partial charge on any atom is 0.248 e. The Morgan fingerprint density at radius 1 is 1.12 bits per heavy atom. The van der Waals surface area contributed by atoms with Crippen LogP contribution in [-0.2, 0) is 19.1 Å². The lowest BCUT2D eigenvalue weighted by Gasteiger charge is -2.42. The molecular formula is C34H49N3O6. The third kappa shape index (κ3) is 5.39. The quantitative estimate of drug-likeness (QED) is 0.324. The molecule has 9 heteroatoms. The van der Waals surface area contributed by atoms with E-state index in [4.69, 9.17) is 9.47 Å². The zero-order chi connectivity index (χ0) is 31.7. The maximum absolute atomic E-state index is 14.7. The van der Waals surface area contributed by atoms with E-state index in [0.29, 0.717) is 43.9 Å². The van der Waals surface area contributed by atoms with Gasteiger partial charge in [0.25, 0.3) is 0 Å². The van der Waals surface area contributed by atoms with Crippen molar-refractivity contribution in [1.29, 1.82) is 0 Å². The van der Waals surface area contributed by atoms with Gasteiger partial charge >= 0.3 is 0 Å². The number of anilines is 1. The van der Waals surface area contributed by atoms with E-state index in [1.54, 1.807) is 26.9 Å². The first-order valence-electron chi connectivity index (χ1n) is 15.7. The maximum atomic E-state index is 14.7. The first-order chi connectivity index (χ1) is 20.5. The zero-order valence-electron chi connectivity index (χ0n) is 26.6. The van der Waals surface area contributed by atoms with Crippen LogP contribution in [0.2, 0.25) is 0 Å². The van der Waals surface area contributed by atoms with Crippen molar-refractivity contribution in [2.75, 3.05) is 31.2 Å². The van der Waals surface area contributed by atoms with Crippen LogP contribution in [0, 0.1) is 17.8 Å². The Kier molecular flexibility index (Phi) is 9.76. The van der Waals surface area contributed by atoms with Crippen LogP contribution in [0.1, 0.15) is 60.8 Å². The topological polar surface area (TPSA) is 99.6 Å². The molecule has 3 saturated heterocycles. The molecule has 3 amide bonds. The number of hydrogen-bond donors (Lipinski definition) is 1. The van der Waals surface area contributed by atoms with E-state index in [1.807, 2.05) is 65.8 Å². The number of carbonyl (C=O) groups excluding carboxylic acids is 3. The summed E-state index contributed by atoms with van der Waals surface area (Å²) in [6, 6.07) is 5.59. The summed E-state index contributed by atoms with van der Waals surface area (Å²) >= 11 is 0. The Balaban J connectivity index is 1.83. The monoisotopic (exact) mass is 595 g/mol. The number of aliphatic hydroxyl groups excluding tert-OH is 1. The van der Waals surface area contributed by atoms with E-state index >= 15 is 0 Å². The van der Waals surface area contributed by atoms with Crippen molar-refractivity contribution in [3.63, 3.8) is 0 Å². The first kappa shape index (κ1) is 32.7. The van der Waals surface area contributed by atoms with E-state index in [2.05, 4.69) is 13.2 Å². The van der Waals surface area contributed by atoms with Crippen molar-refractivity contribution in [3.8, 4) is 5.75 Å². The second-order valence-corrected chi connectivity index (χ2v) is 12.6. The molecule has 7 atom stereocenters. The van der Waals surface area contributed by atoms with Crippen LogP contribution in [0.15, 0.2) is 49.6 Å². The van der Waals surface area contributed by atoms with Gasteiger partial charge in [-0.25, -0.2) is 0 Å². The van der Waals surface area contributed by atoms with Crippen LogP contribution >= 0.6 is 0 Å². The molecule has 2 unspecified atom stereocenters. The Hall–Kier alpha value is -3.17. The minimum absolute atomic E-state index is 0.0746. The molecule has 3 heterocycles. The second kappa shape index (κ2) is 12.8. The van der Waals surface area contributed by atoms with Gasteiger partial charge in [0, 0.05) is 24.8 Å². The molecule has 3 aliphatic rings. The van der Waals surface area contributed by atoms with Crippen molar-refractivity contribution in [2.45, 2.75) is 90.1 Å². The highest BCUT2D eigenvalue weighted by Crippen LogP contribution is 2.64. The number of nitrogens with zero attached hydrogens (tertiary/aromatic N) is 3. The van der Waals surface area contributed by atoms with Gasteiger partial charge < -0.3 is 29.3 Å². The molecule has 0 aliphatic carbocycles. The third-order valence-corrected chi connectivity index (χ3v) is 9.83. The lowest BCUT2D eigenvalue weighted by atomic mass is 9.66. The van der Waals surface area contributed by atoms with E-state index in [0.717, 1.165) is 0 Å². The fraction of sp³-hybridized carbons (Fsp3) is 0.618. The molecule has 1 spiro atoms. The number of carbonyl (C=O) groups is 3. The summed E-state index contributed by atoms with van der Waals surface area (Å²) < 4.78 is 12.5. The predicted octanol–water partition coefficient (Wildman–Crippen LogP) is 4.20. The summed E-state index contributed by atoms with van der Waals surface area (Å²) in [5.41, 5.74) is -1.45. The molecule has 0 radical (unpaired) electrons. The van der Waals surface area contributed by atoms with E-state index < -0.39 is 35.1 Å². The predicted molar refractivity (Wildman–Crippen MR) is 167 cm³/mol. The highest BCUT2D eigenvalue weighted by atomic mass is 16.5. The summed E-state index contributed by atoms with van der Waals surface area (Å²) in [5.74, 6) is -1.83. The average molecular weight is 596 g/mol. The van der Waals surface area contributed by atoms with Crippen LogP contribution in [0.3, 0.4) is 0 Å². The summed E-state index contributed by atoms with van der Waals surface area (Å²) in [5, 5.41) is 10.6. The Morgan fingerprint density at radius 2 is 1.77 bits per heavy atom. The summed E-state index contributed by atoms with van der Waals surface area (Å²) in [4.78, 5) is 48.7. The Bertz CT molecular complexity index is 1220. The largest absolute Gasteiger partial charge is 0.494 e. The SMILES string of the molecule is C=CCN(C(=O)[C@H]1[C@H]2C(=O)N([C@@H](CO)[C@@H](C)CC)C(C(=O)N(CC=C)C(C)C)C23CC[C@]1(C)O3)c1ccc(OCC)cc1. The highest BCUT2D eigenvalue weighted by molar-refractivity contribution is 6.03. The molecule has 2 bridgehead atoms. The van der Waals surface area contributed by atoms with Gasteiger partial charge in [-0.3, -0.25) is 14.4 Å². The number of aliphatic hydroxyl groups is 1. The Labute approximate surface area is 256 Å². The van der Waals surface area contributed by atoms with Crippen molar-refractivity contribution < 1.29 is 29.0 Å². The van der Waals surface area contributed by atoms with E-state index in [9.17, 15) is 19.5 Å². The lowest BCUT2D eigenvalue weighted by molar-refractivity contribution is -0.157. The molecule has 1 aromatic carbocycles. The second-order valence-electron chi connectivity index (χ2n) is 12.6. The van der Waals surface area contributed by atoms with Crippen LogP contribution in [-0.4, -0.2) is 88.3 Å². The fourth-order valence-electron chi connectivity index (χ4n) is 7.55. The number of likely N-dealkylation sites (tertiary alicyclic amines) is 1. The van der Waals surface area contributed by atoms with Crippen molar-refractivity contribution in [3.05, 3.63) is 49.6 Å². The highest BCUT2D eigenvalue weighted by Gasteiger charge is 2.79. The summed E-state index contributed by atoms with van der Waals surface area (Å²) in [7, 11) is 0. The van der Waals surface area contributed by atoms with E-state index in [-0.39, 0.29) is 42.8 Å². The van der Waals surface area contributed by atoms with Crippen molar-refractivity contribution >= 4 is 23.4 Å². The molecule has 9 nitrogen and oxygen atoms in total. The van der Waals surface area contributed by atoms with Crippen LogP contribution < -0.4 is 9.64 Å². The van der Waals surface area contributed by atoms with Crippen LogP contribution in [0.4, 0.5) is 5.69 Å². The number of rotatable bonds is 14.